The van der Waals surface area contributed by atoms with Crippen molar-refractivity contribution in [1.29, 1.82) is 0 Å². The summed E-state index contributed by atoms with van der Waals surface area (Å²) in [7, 11) is 4.84. The zero-order valence-corrected chi connectivity index (χ0v) is 18.6. The molecule has 1 unspecified atom stereocenters. The standard InChI is InChI=1S/C22H22ClN5O4/c1-27-19-15(26-21(29)14-5-4-9-24-20(14)23)8-10-28(16(19)12-25-27)22(30)13-6-7-17(31-2)18(11-13)32-3/h4-7,9,11-12,15H,8,10H2,1-3H3,(H,26,29). The number of nitrogens with one attached hydrogen (secondary N) is 1. The lowest BCUT2D eigenvalue weighted by molar-refractivity contribution is 0.0931. The average Bonchev–Trinajstić information content (AvgIpc) is 3.20. The lowest BCUT2D eigenvalue weighted by Crippen LogP contribution is -2.41. The Balaban J connectivity index is 1.61. The molecule has 10 heteroatoms. The summed E-state index contributed by atoms with van der Waals surface area (Å²) in [6.07, 6.45) is 3.66. The monoisotopic (exact) mass is 455 g/mol. The fraction of sp³-hybridized carbons (Fsp3) is 0.273. The zero-order chi connectivity index (χ0) is 22.8. The molecule has 0 bridgehead atoms. The Hall–Kier alpha value is -3.59. The van der Waals surface area contributed by atoms with Gasteiger partial charge in [-0.2, -0.15) is 5.10 Å². The van der Waals surface area contributed by atoms with Gasteiger partial charge in [-0.05, 0) is 36.8 Å². The number of ether oxygens (including phenoxy) is 2. The quantitative estimate of drug-likeness (QED) is 0.594. The van der Waals surface area contributed by atoms with Crippen molar-refractivity contribution < 1.29 is 19.1 Å². The number of carbonyl (C=O) groups is 2. The van der Waals surface area contributed by atoms with E-state index < -0.39 is 0 Å². The second kappa shape index (κ2) is 8.88. The van der Waals surface area contributed by atoms with Crippen LogP contribution in [0.2, 0.25) is 5.15 Å². The first kappa shape index (κ1) is 21.6. The van der Waals surface area contributed by atoms with Crippen LogP contribution in [-0.4, -0.2) is 47.3 Å². The summed E-state index contributed by atoms with van der Waals surface area (Å²) in [5.74, 6) is 0.488. The van der Waals surface area contributed by atoms with Crippen LogP contribution in [0.4, 0.5) is 5.69 Å². The zero-order valence-electron chi connectivity index (χ0n) is 17.8. The molecule has 1 aromatic carbocycles. The molecule has 0 radical (unpaired) electrons. The SMILES string of the molecule is COc1ccc(C(=O)N2CCC(NC(=O)c3cccnc3Cl)c3c2cnn3C)cc1OC. The molecule has 3 heterocycles. The van der Waals surface area contributed by atoms with Crippen LogP contribution in [0, 0.1) is 0 Å². The summed E-state index contributed by atoms with van der Waals surface area (Å²) < 4.78 is 12.2. The van der Waals surface area contributed by atoms with Gasteiger partial charge in [0.2, 0.25) is 0 Å². The van der Waals surface area contributed by atoms with Crippen molar-refractivity contribution in [3.8, 4) is 11.5 Å². The van der Waals surface area contributed by atoms with Crippen molar-refractivity contribution in [2.45, 2.75) is 12.5 Å². The maximum absolute atomic E-state index is 13.3. The first-order valence-corrected chi connectivity index (χ1v) is 10.3. The molecule has 1 aliphatic rings. The summed E-state index contributed by atoms with van der Waals surface area (Å²) in [5.41, 5.74) is 2.13. The van der Waals surface area contributed by atoms with Crippen LogP contribution in [0.3, 0.4) is 0 Å². The summed E-state index contributed by atoms with van der Waals surface area (Å²) in [5, 5.41) is 7.45. The molecule has 0 saturated heterocycles. The van der Waals surface area contributed by atoms with Gasteiger partial charge in [0.25, 0.3) is 11.8 Å². The number of aromatic nitrogens is 3. The smallest absolute Gasteiger partial charge is 0.258 e. The highest BCUT2D eigenvalue weighted by molar-refractivity contribution is 6.32. The van der Waals surface area contributed by atoms with Gasteiger partial charge in [0.15, 0.2) is 11.5 Å². The van der Waals surface area contributed by atoms with Gasteiger partial charge < -0.3 is 19.7 Å². The van der Waals surface area contributed by atoms with Crippen LogP contribution in [0.15, 0.2) is 42.7 Å². The van der Waals surface area contributed by atoms with E-state index in [-0.39, 0.29) is 23.0 Å². The van der Waals surface area contributed by atoms with E-state index in [9.17, 15) is 9.59 Å². The molecule has 4 rings (SSSR count). The topological polar surface area (TPSA) is 98.6 Å². The largest absolute Gasteiger partial charge is 0.493 e. The number of carbonyl (C=O) groups excluding carboxylic acids is 2. The molecule has 0 fully saturated rings. The van der Waals surface area contributed by atoms with Crippen molar-refractivity contribution >= 4 is 29.1 Å². The number of methoxy groups -OCH3 is 2. The number of halogens is 1. The van der Waals surface area contributed by atoms with Crippen LogP contribution in [0.5, 0.6) is 11.5 Å². The Morgan fingerprint density at radius 1 is 1.19 bits per heavy atom. The molecule has 32 heavy (non-hydrogen) atoms. The van der Waals surface area contributed by atoms with Crippen molar-refractivity contribution in [3.05, 3.63) is 64.7 Å². The van der Waals surface area contributed by atoms with Crippen LogP contribution in [0.1, 0.15) is 38.9 Å². The van der Waals surface area contributed by atoms with Gasteiger partial charge in [-0.1, -0.05) is 11.6 Å². The highest BCUT2D eigenvalue weighted by atomic mass is 35.5. The van der Waals surface area contributed by atoms with Crippen molar-refractivity contribution in [2.75, 3.05) is 25.7 Å². The van der Waals surface area contributed by atoms with Gasteiger partial charge in [0.1, 0.15) is 5.15 Å². The second-order valence-electron chi connectivity index (χ2n) is 7.22. The summed E-state index contributed by atoms with van der Waals surface area (Å²) in [6.45, 7) is 0.400. The van der Waals surface area contributed by atoms with E-state index in [0.717, 1.165) is 5.69 Å². The van der Waals surface area contributed by atoms with E-state index in [0.29, 0.717) is 41.3 Å². The Morgan fingerprint density at radius 3 is 2.69 bits per heavy atom. The number of hydrogen-bond acceptors (Lipinski definition) is 6. The fourth-order valence-electron chi connectivity index (χ4n) is 3.83. The minimum atomic E-state index is -0.337. The van der Waals surface area contributed by atoms with Crippen molar-refractivity contribution in [1.82, 2.24) is 20.1 Å². The number of amides is 2. The molecule has 0 saturated carbocycles. The molecular formula is C22H22ClN5O4. The number of rotatable bonds is 5. The number of benzene rings is 1. The molecule has 166 valence electrons. The fourth-order valence-corrected chi connectivity index (χ4v) is 4.04. The Bertz CT molecular complexity index is 1180. The molecule has 3 aromatic rings. The predicted molar refractivity (Wildman–Crippen MR) is 119 cm³/mol. The third-order valence-electron chi connectivity index (χ3n) is 5.41. The summed E-state index contributed by atoms with van der Waals surface area (Å²) >= 11 is 6.06. The number of nitrogens with zero attached hydrogens (tertiary/aromatic N) is 4. The maximum Gasteiger partial charge on any atom is 0.258 e. The first-order chi connectivity index (χ1) is 15.4. The average molecular weight is 456 g/mol. The van der Waals surface area contributed by atoms with E-state index in [4.69, 9.17) is 21.1 Å². The van der Waals surface area contributed by atoms with Gasteiger partial charge in [-0.15, -0.1) is 0 Å². The molecule has 0 aliphatic carbocycles. The van der Waals surface area contributed by atoms with Crippen LogP contribution in [-0.2, 0) is 7.05 Å². The molecule has 1 atom stereocenters. The second-order valence-corrected chi connectivity index (χ2v) is 7.58. The van der Waals surface area contributed by atoms with E-state index in [1.807, 2.05) is 0 Å². The predicted octanol–water partition coefficient (Wildman–Crippen LogP) is 3.01. The van der Waals surface area contributed by atoms with Gasteiger partial charge in [-0.25, -0.2) is 4.98 Å². The van der Waals surface area contributed by atoms with Crippen LogP contribution < -0.4 is 19.7 Å². The van der Waals surface area contributed by atoms with Gasteiger partial charge in [-0.3, -0.25) is 14.3 Å². The van der Waals surface area contributed by atoms with E-state index >= 15 is 0 Å². The molecule has 2 aromatic heterocycles. The molecule has 2 amide bonds. The van der Waals surface area contributed by atoms with Gasteiger partial charge >= 0.3 is 0 Å². The number of fused-ring (bicyclic) bond motifs is 1. The van der Waals surface area contributed by atoms with E-state index in [1.165, 1.54) is 13.3 Å². The minimum absolute atomic E-state index is 0.135. The normalized spacial score (nSPS) is 15.1. The lowest BCUT2D eigenvalue weighted by atomic mass is 10.0. The lowest BCUT2D eigenvalue weighted by Gasteiger charge is -2.32. The summed E-state index contributed by atoms with van der Waals surface area (Å²) in [4.78, 5) is 31.7. The number of aryl methyl sites for hydroxylation is 1. The molecular weight excluding hydrogens is 434 g/mol. The molecule has 0 spiro atoms. The molecule has 1 aliphatic heterocycles. The van der Waals surface area contributed by atoms with Gasteiger partial charge in [0.05, 0.1) is 43.4 Å². The number of hydrogen-bond donors (Lipinski definition) is 1. The summed E-state index contributed by atoms with van der Waals surface area (Å²) in [6, 6.07) is 7.97. The number of anilines is 1. The minimum Gasteiger partial charge on any atom is -0.493 e. The van der Waals surface area contributed by atoms with E-state index in [2.05, 4.69) is 15.4 Å². The van der Waals surface area contributed by atoms with Crippen molar-refractivity contribution in [2.24, 2.45) is 7.05 Å². The highest BCUT2D eigenvalue weighted by Crippen LogP contribution is 2.36. The molecule has 9 nitrogen and oxygen atoms in total. The number of pyridine rings is 1. The Labute approximate surface area is 189 Å². The van der Waals surface area contributed by atoms with Crippen molar-refractivity contribution in [3.63, 3.8) is 0 Å². The van der Waals surface area contributed by atoms with Gasteiger partial charge in [0, 0.05) is 25.4 Å². The third kappa shape index (κ3) is 3.87. The maximum atomic E-state index is 13.3. The van der Waals surface area contributed by atoms with Crippen LogP contribution >= 0.6 is 11.6 Å². The van der Waals surface area contributed by atoms with Crippen LogP contribution in [0.25, 0.3) is 0 Å². The third-order valence-corrected chi connectivity index (χ3v) is 5.71. The Kier molecular flexibility index (Phi) is 6.00. The highest BCUT2D eigenvalue weighted by Gasteiger charge is 2.34. The van der Waals surface area contributed by atoms with E-state index in [1.54, 1.807) is 60.3 Å². The molecule has 1 N–H and O–H groups in total. The Morgan fingerprint density at radius 2 is 1.97 bits per heavy atom. The first-order valence-electron chi connectivity index (χ1n) is 9.91.